The van der Waals surface area contributed by atoms with E-state index >= 15 is 0 Å². The summed E-state index contributed by atoms with van der Waals surface area (Å²) in [5.41, 5.74) is 0.954. The van der Waals surface area contributed by atoms with Crippen molar-refractivity contribution < 1.29 is 13.0 Å². The minimum Gasteiger partial charge on any atom is -0.286 e. The van der Waals surface area contributed by atoms with Gasteiger partial charge < -0.3 is 0 Å². The highest BCUT2D eigenvalue weighted by molar-refractivity contribution is 7.85. The van der Waals surface area contributed by atoms with E-state index in [1.54, 1.807) is 18.5 Å². The molecule has 0 aromatic carbocycles. The molecular weight excluding hydrogens is 190 g/mol. The number of hydrogen-bond donors (Lipinski definition) is 1. The number of nitrogens with zero attached hydrogens (tertiary/aromatic N) is 1. The van der Waals surface area contributed by atoms with E-state index in [0.717, 1.165) is 5.57 Å². The highest BCUT2D eigenvalue weighted by Gasteiger charge is 2.06. The number of rotatable bonds is 3. The molecule has 0 spiro atoms. The van der Waals surface area contributed by atoms with Crippen LogP contribution < -0.4 is 0 Å². The van der Waals surface area contributed by atoms with Crippen molar-refractivity contribution >= 4 is 16.3 Å². The topological polar surface area (TPSA) is 66.7 Å². The Morgan fingerprint density at radius 1 is 1.54 bits per heavy atom. The van der Waals surface area contributed by atoms with E-state index in [-0.39, 0.29) is 5.75 Å². The van der Waals surface area contributed by atoms with Gasteiger partial charge in [-0.3, -0.25) is 9.55 Å². The van der Waals surface area contributed by atoms with Gasteiger partial charge in [-0.2, -0.15) is 8.42 Å². The summed E-state index contributed by atoms with van der Waals surface area (Å²) in [6.07, 6.45) is 7.94. The van der Waals surface area contributed by atoms with Gasteiger partial charge in [0.05, 0.1) is 5.75 Å². The molecule has 1 aliphatic heterocycles. The lowest BCUT2D eigenvalue weighted by molar-refractivity contribution is 0.482. The molecule has 0 saturated heterocycles. The van der Waals surface area contributed by atoms with Crippen molar-refractivity contribution in [2.24, 2.45) is 4.99 Å². The van der Waals surface area contributed by atoms with E-state index in [2.05, 4.69) is 4.99 Å². The average Bonchev–Trinajstić information content (AvgIpc) is 2.26. The van der Waals surface area contributed by atoms with Crippen LogP contribution in [0.3, 0.4) is 0 Å². The molecule has 1 rings (SSSR count). The molecule has 0 amide bonds. The number of allylic oxidation sites excluding steroid dienone is 3. The molecular formula is C8H11NO3S. The van der Waals surface area contributed by atoms with Crippen LogP contribution in [0.15, 0.2) is 28.9 Å². The van der Waals surface area contributed by atoms with Crippen LogP contribution in [0, 0.1) is 0 Å². The second-order valence-electron chi connectivity index (χ2n) is 2.75. The van der Waals surface area contributed by atoms with Gasteiger partial charge in [-0.15, -0.1) is 0 Å². The van der Waals surface area contributed by atoms with Crippen molar-refractivity contribution in [2.45, 2.75) is 12.8 Å². The van der Waals surface area contributed by atoms with Gasteiger partial charge in [0, 0.05) is 12.4 Å². The Morgan fingerprint density at radius 2 is 2.31 bits per heavy atom. The molecule has 1 aliphatic rings. The third-order valence-corrected chi connectivity index (χ3v) is 2.37. The Morgan fingerprint density at radius 3 is 3.00 bits per heavy atom. The van der Waals surface area contributed by atoms with Crippen molar-refractivity contribution in [3.63, 3.8) is 0 Å². The lowest BCUT2D eigenvalue weighted by Crippen LogP contribution is -2.04. The first kappa shape index (κ1) is 10.1. The SMILES string of the molecule is O=S(=O)(O)CCC1=CC=NC=CC1. The summed E-state index contributed by atoms with van der Waals surface area (Å²) >= 11 is 0. The van der Waals surface area contributed by atoms with Crippen LogP contribution in [-0.4, -0.2) is 24.9 Å². The molecule has 0 unspecified atom stereocenters. The van der Waals surface area contributed by atoms with Gasteiger partial charge in [0.1, 0.15) is 0 Å². The zero-order chi connectivity index (χ0) is 9.73. The van der Waals surface area contributed by atoms with E-state index in [4.69, 9.17) is 4.55 Å². The molecule has 0 atom stereocenters. The first-order valence-electron chi connectivity index (χ1n) is 3.89. The van der Waals surface area contributed by atoms with E-state index in [1.807, 2.05) is 6.08 Å². The minimum absolute atomic E-state index is 0.222. The smallest absolute Gasteiger partial charge is 0.265 e. The summed E-state index contributed by atoms with van der Waals surface area (Å²) in [6.45, 7) is 0. The van der Waals surface area contributed by atoms with Gasteiger partial charge in [0.2, 0.25) is 0 Å². The van der Waals surface area contributed by atoms with Gasteiger partial charge >= 0.3 is 0 Å². The molecule has 0 aromatic heterocycles. The van der Waals surface area contributed by atoms with Crippen LogP contribution in [0.1, 0.15) is 12.8 Å². The predicted molar refractivity (Wildman–Crippen MR) is 51.4 cm³/mol. The average molecular weight is 201 g/mol. The second kappa shape index (κ2) is 4.34. The molecule has 0 bridgehead atoms. The quantitative estimate of drug-likeness (QED) is 0.697. The van der Waals surface area contributed by atoms with Gasteiger partial charge in [-0.25, -0.2) is 0 Å². The highest BCUT2D eigenvalue weighted by atomic mass is 32.2. The van der Waals surface area contributed by atoms with E-state index in [1.165, 1.54) is 0 Å². The number of aliphatic imine (C=N–C) groups is 1. The minimum atomic E-state index is -3.84. The Labute approximate surface area is 77.4 Å². The van der Waals surface area contributed by atoms with Crippen molar-refractivity contribution in [1.82, 2.24) is 0 Å². The molecule has 0 radical (unpaired) electrons. The molecule has 4 nitrogen and oxygen atoms in total. The van der Waals surface area contributed by atoms with Crippen LogP contribution >= 0.6 is 0 Å². The third kappa shape index (κ3) is 4.59. The molecule has 0 fully saturated rings. The fourth-order valence-corrected chi connectivity index (χ4v) is 1.50. The van der Waals surface area contributed by atoms with Crippen LogP contribution in [0.5, 0.6) is 0 Å². The summed E-state index contributed by atoms with van der Waals surface area (Å²) in [7, 11) is -3.84. The third-order valence-electron chi connectivity index (χ3n) is 1.65. The molecule has 0 aromatic rings. The lowest BCUT2D eigenvalue weighted by Gasteiger charge is -2.00. The first-order chi connectivity index (χ1) is 6.08. The first-order valence-corrected chi connectivity index (χ1v) is 5.50. The maximum atomic E-state index is 10.4. The lowest BCUT2D eigenvalue weighted by atomic mass is 10.1. The fourth-order valence-electron chi connectivity index (χ4n) is 0.977. The van der Waals surface area contributed by atoms with E-state index in [0.29, 0.717) is 12.8 Å². The van der Waals surface area contributed by atoms with Gasteiger partial charge in [-0.1, -0.05) is 11.6 Å². The van der Waals surface area contributed by atoms with Crippen molar-refractivity contribution in [3.05, 3.63) is 23.9 Å². The molecule has 0 saturated carbocycles. The molecule has 5 heteroatoms. The Kier molecular flexibility index (Phi) is 3.39. The zero-order valence-electron chi connectivity index (χ0n) is 7.05. The second-order valence-corrected chi connectivity index (χ2v) is 4.32. The normalized spacial score (nSPS) is 16.8. The van der Waals surface area contributed by atoms with E-state index < -0.39 is 10.1 Å². The molecule has 0 aliphatic carbocycles. The number of hydrogen-bond acceptors (Lipinski definition) is 3. The van der Waals surface area contributed by atoms with E-state index in [9.17, 15) is 8.42 Å². The van der Waals surface area contributed by atoms with Crippen molar-refractivity contribution in [2.75, 3.05) is 5.75 Å². The van der Waals surface area contributed by atoms with Gasteiger partial charge in [0.25, 0.3) is 10.1 Å². The largest absolute Gasteiger partial charge is 0.286 e. The van der Waals surface area contributed by atoms with Gasteiger partial charge in [-0.05, 0) is 18.9 Å². The summed E-state index contributed by atoms with van der Waals surface area (Å²) in [4.78, 5) is 3.87. The van der Waals surface area contributed by atoms with Crippen molar-refractivity contribution in [3.8, 4) is 0 Å². The Bertz CT molecular complexity index is 352. The van der Waals surface area contributed by atoms with Crippen LogP contribution in [0.2, 0.25) is 0 Å². The summed E-state index contributed by atoms with van der Waals surface area (Å²) in [5, 5.41) is 0. The summed E-state index contributed by atoms with van der Waals surface area (Å²) in [5.74, 6) is -0.222. The Hall–Kier alpha value is -0.940. The Balaban J connectivity index is 2.50. The highest BCUT2D eigenvalue weighted by Crippen LogP contribution is 2.10. The molecule has 13 heavy (non-hydrogen) atoms. The van der Waals surface area contributed by atoms with Crippen LogP contribution in [0.4, 0.5) is 0 Å². The fraction of sp³-hybridized carbons (Fsp3) is 0.375. The zero-order valence-corrected chi connectivity index (χ0v) is 7.87. The predicted octanol–water partition coefficient (Wildman–Crippen LogP) is 1.18. The molecule has 1 heterocycles. The summed E-state index contributed by atoms with van der Waals surface area (Å²) in [6, 6.07) is 0. The molecule has 72 valence electrons. The maximum absolute atomic E-state index is 10.4. The van der Waals surface area contributed by atoms with Crippen LogP contribution in [-0.2, 0) is 10.1 Å². The maximum Gasteiger partial charge on any atom is 0.265 e. The van der Waals surface area contributed by atoms with Crippen LogP contribution in [0.25, 0.3) is 0 Å². The monoisotopic (exact) mass is 201 g/mol. The molecule has 1 N–H and O–H groups in total. The van der Waals surface area contributed by atoms with Crippen molar-refractivity contribution in [1.29, 1.82) is 0 Å². The van der Waals surface area contributed by atoms with Gasteiger partial charge in [0.15, 0.2) is 0 Å². The summed E-state index contributed by atoms with van der Waals surface area (Å²) < 4.78 is 29.4. The standard InChI is InChI=1S/C8H11NO3S/c10-13(11,12)7-4-8-2-1-5-9-6-3-8/h1,3,5-6H,2,4,7H2,(H,10,11,12).